The zero-order chi connectivity index (χ0) is 9.42. The first-order chi connectivity index (χ1) is 6.22. The Morgan fingerprint density at radius 1 is 1.54 bits per heavy atom. The predicted molar refractivity (Wildman–Crippen MR) is 53.8 cm³/mol. The van der Waals surface area contributed by atoms with Gasteiger partial charge in [-0.1, -0.05) is 11.6 Å². The first-order valence-corrected chi connectivity index (χ1v) is 4.59. The van der Waals surface area contributed by atoms with Gasteiger partial charge in [0.25, 0.3) is 0 Å². The van der Waals surface area contributed by atoms with Crippen LogP contribution in [0.4, 0.5) is 5.69 Å². The number of carbonyl (C=O) groups excluding carboxylic acids is 1. The maximum atomic E-state index is 10.6. The van der Waals surface area contributed by atoms with Gasteiger partial charge < -0.3 is 4.90 Å². The molecular weight excluding hydrogens is 186 g/mol. The molecule has 1 aromatic carbocycles. The minimum absolute atomic E-state index is 0.559. The van der Waals surface area contributed by atoms with Gasteiger partial charge in [0.15, 0.2) is 6.29 Å². The molecule has 0 amide bonds. The molecule has 0 aromatic heterocycles. The summed E-state index contributed by atoms with van der Waals surface area (Å²) in [7, 11) is 2.02. The molecule has 0 radical (unpaired) electrons. The average Bonchev–Trinajstić information content (AvgIpc) is 2.46. The van der Waals surface area contributed by atoms with Crippen LogP contribution in [0.5, 0.6) is 0 Å². The molecule has 0 fully saturated rings. The van der Waals surface area contributed by atoms with Gasteiger partial charge in [0.05, 0.1) is 5.02 Å². The predicted octanol–water partition coefficient (Wildman–Crippen LogP) is 2.14. The van der Waals surface area contributed by atoms with Crippen LogP contribution in [0.3, 0.4) is 0 Å². The molecular formula is C10H10ClNO. The number of fused-ring (bicyclic) bond motifs is 1. The van der Waals surface area contributed by atoms with Crippen molar-refractivity contribution in [3.63, 3.8) is 0 Å². The van der Waals surface area contributed by atoms with E-state index < -0.39 is 0 Å². The summed E-state index contributed by atoms with van der Waals surface area (Å²) in [6.45, 7) is 1.01. The molecule has 0 spiro atoms. The van der Waals surface area contributed by atoms with Crippen LogP contribution in [0, 0.1) is 0 Å². The van der Waals surface area contributed by atoms with Crippen LogP contribution in [0.2, 0.25) is 5.02 Å². The van der Waals surface area contributed by atoms with E-state index in [2.05, 4.69) is 4.90 Å². The van der Waals surface area contributed by atoms with E-state index in [0.717, 1.165) is 24.9 Å². The molecule has 0 bridgehead atoms. The van der Waals surface area contributed by atoms with Crippen LogP contribution in [0.15, 0.2) is 12.1 Å². The van der Waals surface area contributed by atoms with Crippen molar-refractivity contribution in [1.82, 2.24) is 0 Å². The summed E-state index contributed by atoms with van der Waals surface area (Å²) in [4.78, 5) is 12.8. The fourth-order valence-electron chi connectivity index (χ4n) is 1.67. The third kappa shape index (κ3) is 1.31. The number of hydrogen-bond donors (Lipinski definition) is 0. The topological polar surface area (TPSA) is 20.3 Å². The monoisotopic (exact) mass is 195 g/mol. The number of hydrogen-bond acceptors (Lipinski definition) is 2. The molecule has 0 saturated carbocycles. The molecule has 1 aromatic rings. The van der Waals surface area contributed by atoms with Gasteiger partial charge in [-0.25, -0.2) is 0 Å². The molecule has 0 unspecified atom stereocenters. The van der Waals surface area contributed by atoms with E-state index in [1.165, 1.54) is 5.56 Å². The van der Waals surface area contributed by atoms with Crippen molar-refractivity contribution >= 4 is 23.6 Å². The number of nitrogens with zero attached hydrogens (tertiary/aromatic N) is 1. The van der Waals surface area contributed by atoms with E-state index in [9.17, 15) is 4.79 Å². The van der Waals surface area contributed by atoms with Crippen LogP contribution in [0.1, 0.15) is 15.9 Å². The first-order valence-electron chi connectivity index (χ1n) is 4.21. The van der Waals surface area contributed by atoms with Crippen LogP contribution in [-0.4, -0.2) is 19.9 Å². The fraction of sp³-hybridized carbons (Fsp3) is 0.300. The SMILES string of the molecule is CN1CCc2cc(Cl)c(C=O)cc21. The van der Waals surface area contributed by atoms with Crippen LogP contribution >= 0.6 is 11.6 Å². The van der Waals surface area contributed by atoms with E-state index in [1.54, 1.807) is 0 Å². The molecule has 68 valence electrons. The van der Waals surface area contributed by atoms with Crippen molar-refractivity contribution < 1.29 is 4.79 Å². The number of benzene rings is 1. The molecule has 1 heterocycles. The largest absolute Gasteiger partial charge is 0.374 e. The molecule has 13 heavy (non-hydrogen) atoms. The van der Waals surface area contributed by atoms with Crippen molar-refractivity contribution in [3.8, 4) is 0 Å². The highest BCUT2D eigenvalue weighted by Gasteiger charge is 2.17. The molecule has 3 heteroatoms. The highest BCUT2D eigenvalue weighted by molar-refractivity contribution is 6.33. The minimum Gasteiger partial charge on any atom is -0.374 e. The second-order valence-corrected chi connectivity index (χ2v) is 3.70. The first kappa shape index (κ1) is 8.57. The molecule has 1 aliphatic rings. The summed E-state index contributed by atoms with van der Waals surface area (Å²) in [6.07, 6.45) is 1.82. The van der Waals surface area contributed by atoms with Gasteiger partial charge >= 0.3 is 0 Å². The van der Waals surface area contributed by atoms with Crippen LogP contribution in [-0.2, 0) is 6.42 Å². The Balaban J connectivity index is 2.57. The standard InChI is InChI=1S/C10H10ClNO/c1-12-3-2-7-4-9(11)8(6-13)5-10(7)12/h4-6H,2-3H2,1H3. The lowest BCUT2D eigenvalue weighted by Gasteiger charge is -2.12. The number of rotatable bonds is 1. The molecule has 0 atom stereocenters. The third-order valence-corrected chi connectivity index (χ3v) is 2.78. The molecule has 0 N–H and O–H groups in total. The summed E-state index contributed by atoms with van der Waals surface area (Å²) in [5.41, 5.74) is 2.94. The highest BCUT2D eigenvalue weighted by atomic mass is 35.5. The smallest absolute Gasteiger partial charge is 0.151 e. The fourth-order valence-corrected chi connectivity index (χ4v) is 1.90. The zero-order valence-electron chi connectivity index (χ0n) is 7.38. The van der Waals surface area contributed by atoms with E-state index in [1.807, 2.05) is 19.2 Å². The third-order valence-electron chi connectivity index (χ3n) is 2.45. The van der Waals surface area contributed by atoms with Crippen molar-refractivity contribution in [1.29, 1.82) is 0 Å². The minimum atomic E-state index is 0.559. The van der Waals surface area contributed by atoms with Crippen molar-refractivity contribution in [2.45, 2.75) is 6.42 Å². The molecule has 2 rings (SSSR count). The molecule has 1 aliphatic heterocycles. The lowest BCUT2D eigenvalue weighted by Crippen LogP contribution is -2.12. The Labute approximate surface area is 82.1 Å². The normalized spacial score (nSPS) is 14.5. The maximum absolute atomic E-state index is 10.6. The van der Waals surface area contributed by atoms with Gasteiger partial charge in [-0.15, -0.1) is 0 Å². The number of carbonyl (C=O) groups is 1. The number of anilines is 1. The average molecular weight is 196 g/mol. The van der Waals surface area contributed by atoms with E-state index in [-0.39, 0.29) is 0 Å². The second kappa shape index (κ2) is 3.04. The summed E-state index contributed by atoms with van der Waals surface area (Å²) >= 11 is 5.91. The lowest BCUT2D eigenvalue weighted by atomic mass is 10.1. The van der Waals surface area contributed by atoms with Gasteiger partial charge in [0.1, 0.15) is 0 Å². The summed E-state index contributed by atoms with van der Waals surface area (Å²) in [6, 6.07) is 3.75. The molecule has 0 saturated heterocycles. The Hall–Kier alpha value is -1.02. The highest BCUT2D eigenvalue weighted by Crippen LogP contribution is 2.31. The Kier molecular flexibility index (Phi) is 2.00. The Morgan fingerprint density at radius 2 is 2.31 bits per heavy atom. The van der Waals surface area contributed by atoms with Gasteiger partial charge in [-0.3, -0.25) is 4.79 Å². The van der Waals surface area contributed by atoms with Gasteiger partial charge in [-0.05, 0) is 24.1 Å². The Bertz CT molecular complexity index is 362. The summed E-state index contributed by atoms with van der Waals surface area (Å²) < 4.78 is 0. The van der Waals surface area contributed by atoms with Gasteiger partial charge in [0.2, 0.25) is 0 Å². The Morgan fingerprint density at radius 3 is 3.00 bits per heavy atom. The van der Waals surface area contributed by atoms with Crippen molar-refractivity contribution in [2.75, 3.05) is 18.5 Å². The second-order valence-electron chi connectivity index (χ2n) is 3.29. The zero-order valence-corrected chi connectivity index (χ0v) is 8.14. The lowest BCUT2D eigenvalue weighted by molar-refractivity contribution is 0.112. The van der Waals surface area contributed by atoms with Gasteiger partial charge in [0, 0.05) is 24.8 Å². The molecule has 0 aliphatic carbocycles. The number of aldehydes is 1. The van der Waals surface area contributed by atoms with E-state index in [4.69, 9.17) is 11.6 Å². The summed E-state index contributed by atoms with van der Waals surface area (Å²) in [5, 5.41) is 0.559. The van der Waals surface area contributed by atoms with Crippen molar-refractivity contribution in [3.05, 3.63) is 28.3 Å². The maximum Gasteiger partial charge on any atom is 0.151 e. The quantitative estimate of drug-likeness (QED) is 0.640. The summed E-state index contributed by atoms with van der Waals surface area (Å²) in [5.74, 6) is 0. The molecule has 2 nitrogen and oxygen atoms in total. The number of halogens is 1. The van der Waals surface area contributed by atoms with Crippen LogP contribution < -0.4 is 4.90 Å². The van der Waals surface area contributed by atoms with E-state index in [0.29, 0.717) is 10.6 Å². The van der Waals surface area contributed by atoms with Crippen molar-refractivity contribution in [2.24, 2.45) is 0 Å². The van der Waals surface area contributed by atoms with Crippen LogP contribution in [0.25, 0.3) is 0 Å². The van der Waals surface area contributed by atoms with Gasteiger partial charge in [-0.2, -0.15) is 0 Å². The number of likely N-dealkylation sites (N-methyl/N-ethyl adjacent to an activating group) is 1. The van der Waals surface area contributed by atoms with E-state index >= 15 is 0 Å².